The van der Waals surface area contributed by atoms with Gasteiger partial charge in [0.05, 0.1) is 17.4 Å². The van der Waals surface area contributed by atoms with Crippen LogP contribution in [-0.2, 0) is 0 Å². The van der Waals surface area contributed by atoms with Crippen LogP contribution in [-0.4, -0.2) is 27.4 Å². The van der Waals surface area contributed by atoms with Crippen LogP contribution in [0.25, 0.3) is 11.0 Å². The van der Waals surface area contributed by atoms with Crippen LogP contribution < -0.4 is 5.73 Å². The molecule has 5 nitrogen and oxygen atoms in total. The second-order valence-corrected chi connectivity index (χ2v) is 3.80. The van der Waals surface area contributed by atoms with Crippen LogP contribution in [0.3, 0.4) is 0 Å². The molecule has 0 spiro atoms. The number of hydrogen-bond donors (Lipinski definition) is 3. The molecule has 0 saturated heterocycles. The molecule has 0 amide bonds. The predicted molar refractivity (Wildman–Crippen MR) is 60.1 cm³/mol. The molecule has 1 heterocycles. The maximum atomic E-state index is 9.75. The number of nitrogens with two attached hydrogens (primary N) is 1. The standard InChI is InChI=1S/C10H11ClN2O3/c11-4-7(14)9(15)5-1-2-8-6(3-5)10(12)13-16-8/h1-3,7,9,14-15H,4H2,(H2,12,13). The Balaban J connectivity index is 2.41. The molecule has 0 bridgehead atoms. The number of rotatable bonds is 3. The van der Waals surface area contributed by atoms with Crippen LogP contribution in [0, 0.1) is 0 Å². The number of nitrogen functional groups attached to an aromatic ring is 1. The molecule has 2 unspecified atom stereocenters. The second-order valence-electron chi connectivity index (χ2n) is 3.49. The number of benzene rings is 1. The smallest absolute Gasteiger partial charge is 0.174 e. The molecule has 0 aliphatic rings. The molecule has 1 aromatic heterocycles. The first-order valence-electron chi connectivity index (χ1n) is 4.70. The minimum Gasteiger partial charge on any atom is -0.389 e. The normalized spacial score (nSPS) is 15.2. The quantitative estimate of drug-likeness (QED) is 0.700. The Morgan fingerprint density at radius 2 is 2.19 bits per heavy atom. The first kappa shape index (κ1) is 11.2. The molecule has 0 aliphatic carbocycles. The number of anilines is 1. The van der Waals surface area contributed by atoms with Gasteiger partial charge in [-0.1, -0.05) is 11.2 Å². The summed E-state index contributed by atoms with van der Waals surface area (Å²) in [6.07, 6.45) is -2.06. The summed E-state index contributed by atoms with van der Waals surface area (Å²) < 4.78 is 4.93. The van der Waals surface area contributed by atoms with Crippen molar-refractivity contribution in [1.82, 2.24) is 5.16 Å². The molecule has 2 atom stereocenters. The summed E-state index contributed by atoms with van der Waals surface area (Å²) in [5.74, 6) is 0.211. The molecule has 16 heavy (non-hydrogen) atoms. The fraction of sp³-hybridized carbons (Fsp3) is 0.300. The number of nitrogens with zero attached hydrogens (tertiary/aromatic N) is 1. The van der Waals surface area contributed by atoms with Gasteiger partial charge in [-0.05, 0) is 17.7 Å². The Kier molecular flexibility index (Phi) is 3.00. The third kappa shape index (κ3) is 1.84. The Labute approximate surface area is 96.4 Å². The molecule has 0 saturated carbocycles. The molecule has 2 rings (SSSR count). The molecule has 0 radical (unpaired) electrons. The minimum atomic E-state index is -1.05. The Hall–Kier alpha value is -1.30. The summed E-state index contributed by atoms with van der Waals surface area (Å²) >= 11 is 5.46. The van der Waals surface area contributed by atoms with Gasteiger partial charge in [-0.2, -0.15) is 0 Å². The van der Waals surface area contributed by atoms with Gasteiger partial charge in [0.25, 0.3) is 0 Å². The lowest BCUT2D eigenvalue weighted by atomic mass is 10.0. The monoisotopic (exact) mass is 242 g/mol. The van der Waals surface area contributed by atoms with E-state index in [-0.39, 0.29) is 11.7 Å². The van der Waals surface area contributed by atoms with E-state index in [9.17, 15) is 10.2 Å². The highest BCUT2D eigenvalue weighted by Crippen LogP contribution is 2.26. The second kappa shape index (κ2) is 4.29. The van der Waals surface area contributed by atoms with Gasteiger partial charge in [0.1, 0.15) is 6.10 Å². The van der Waals surface area contributed by atoms with Crippen LogP contribution in [0.4, 0.5) is 5.82 Å². The van der Waals surface area contributed by atoms with Gasteiger partial charge in [-0.15, -0.1) is 11.6 Å². The highest BCUT2D eigenvalue weighted by Gasteiger charge is 2.18. The van der Waals surface area contributed by atoms with Crippen molar-refractivity contribution in [3.05, 3.63) is 23.8 Å². The average molecular weight is 243 g/mol. The zero-order chi connectivity index (χ0) is 11.7. The topological polar surface area (TPSA) is 92.5 Å². The van der Waals surface area contributed by atoms with Crippen molar-refractivity contribution >= 4 is 28.4 Å². The number of hydrogen-bond acceptors (Lipinski definition) is 5. The summed E-state index contributed by atoms with van der Waals surface area (Å²) in [5.41, 5.74) is 6.64. The van der Waals surface area contributed by atoms with E-state index < -0.39 is 12.2 Å². The predicted octanol–water partition coefficient (Wildman–Crippen LogP) is 1.04. The number of fused-ring (bicyclic) bond motifs is 1. The zero-order valence-corrected chi connectivity index (χ0v) is 9.05. The molecule has 4 N–H and O–H groups in total. The van der Waals surface area contributed by atoms with E-state index in [0.717, 1.165) is 0 Å². The summed E-state index contributed by atoms with van der Waals surface area (Å²) in [6.45, 7) is 0. The largest absolute Gasteiger partial charge is 0.389 e. The van der Waals surface area contributed by atoms with Gasteiger partial charge in [0, 0.05) is 0 Å². The van der Waals surface area contributed by atoms with E-state index in [0.29, 0.717) is 16.5 Å². The molecular formula is C10H11ClN2O3. The molecule has 86 valence electrons. The third-order valence-corrected chi connectivity index (χ3v) is 2.70. The van der Waals surface area contributed by atoms with Crippen LogP contribution in [0.1, 0.15) is 11.7 Å². The summed E-state index contributed by atoms with van der Waals surface area (Å²) in [7, 11) is 0. The molecule has 6 heteroatoms. The number of aromatic nitrogens is 1. The van der Waals surface area contributed by atoms with Crippen molar-refractivity contribution in [2.75, 3.05) is 11.6 Å². The SMILES string of the molecule is Nc1noc2ccc(C(O)C(O)CCl)cc12. The van der Waals surface area contributed by atoms with Crippen LogP contribution in [0.5, 0.6) is 0 Å². The maximum absolute atomic E-state index is 9.75. The fourth-order valence-electron chi connectivity index (χ4n) is 1.47. The highest BCUT2D eigenvalue weighted by molar-refractivity contribution is 6.18. The van der Waals surface area contributed by atoms with Crippen molar-refractivity contribution in [2.45, 2.75) is 12.2 Å². The van der Waals surface area contributed by atoms with Gasteiger partial charge in [0.2, 0.25) is 0 Å². The summed E-state index contributed by atoms with van der Waals surface area (Å²) in [5, 5.41) is 23.4. The van der Waals surface area contributed by atoms with Crippen molar-refractivity contribution in [1.29, 1.82) is 0 Å². The number of aliphatic hydroxyl groups is 2. The van der Waals surface area contributed by atoms with E-state index >= 15 is 0 Å². The molecule has 0 aliphatic heterocycles. The van der Waals surface area contributed by atoms with Gasteiger partial charge >= 0.3 is 0 Å². The van der Waals surface area contributed by atoms with Crippen LogP contribution in [0.15, 0.2) is 22.7 Å². The highest BCUT2D eigenvalue weighted by atomic mass is 35.5. The van der Waals surface area contributed by atoms with E-state index in [4.69, 9.17) is 21.9 Å². The number of alkyl halides is 1. The first-order valence-corrected chi connectivity index (χ1v) is 5.24. The molecule has 1 aromatic carbocycles. The summed E-state index contributed by atoms with van der Waals surface area (Å²) in [6, 6.07) is 4.90. The van der Waals surface area contributed by atoms with Gasteiger partial charge in [0.15, 0.2) is 11.4 Å². The van der Waals surface area contributed by atoms with Gasteiger partial charge in [-0.25, -0.2) is 0 Å². The first-order chi connectivity index (χ1) is 7.63. The Bertz CT molecular complexity index is 500. The Morgan fingerprint density at radius 1 is 1.44 bits per heavy atom. The van der Waals surface area contributed by atoms with Crippen molar-refractivity contribution in [3.63, 3.8) is 0 Å². The Morgan fingerprint density at radius 3 is 2.88 bits per heavy atom. The van der Waals surface area contributed by atoms with E-state index in [1.165, 1.54) is 0 Å². The van der Waals surface area contributed by atoms with Crippen LogP contribution >= 0.6 is 11.6 Å². The van der Waals surface area contributed by atoms with E-state index in [1.54, 1.807) is 18.2 Å². The summed E-state index contributed by atoms with van der Waals surface area (Å²) in [4.78, 5) is 0. The van der Waals surface area contributed by atoms with Crippen LogP contribution in [0.2, 0.25) is 0 Å². The van der Waals surface area contributed by atoms with E-state index in [2.05, 4.69) is 5.16 Å². The fourth-order valence-corrected chi connectivity index (χ4v) is 1.63. The minimum absolute atomic E-state index is 0.0433. The van der Waals surface area contributed by atoms with Crippen molar-refractivity contribution in [2.24, 2.45) is 0 Å². The van der Waals surface area contributed by atoms with Gasteiger partial charge < -0.3 is 20.5 Å². The maximum Gasteiger partial charge on any atom is 0.174 e. The van der Waals surface area contributed by atoms with Crippen molar-refractivity contribution in [3.8, 4) is 0 Å². The molecule has 0 fully saturated rings. The lowest BCUT2D eigenvalue weighted by Gasteiger charge is -2.15. The van der Waals surface area contributed by atoms with E-state index in [1.807, 2.05) is 0 Å². The van der Waals surface area contributed by atoms with Crippen molar-refractivity contribution < 1.29 is 14.7 Å². The molecule has 2 aromatic rings. The van der Waals surface area contributed by atoms with Gasteiger partial charge in [-0.3, -0.25) is 0 Å². The average Bonchev–Trinajstić information content (AvgIpc) is 2.68. The number of aliphatic hydroxyl groups excluding tert-OH is 2. The lowest BCUT2D eigenvalue weighted by molar-refractivity contribution is 0.0328. The number of halogens is 1. The lowest BCUT2D eigenvalue weighted by Crippen LogP contribution is -2.19. The molecular weight excluding hydrogens is 232 g/mol. The third-order valence-electron chi connectivity index (χ3n) is 2.39. The zero-order valence-electron chi connectivity index (χ0n) is 8.30.